The van der Waals surface area contributed by atoms with Crippen molar-refractivity contribution >= 4 is 34.8 Å². The fourth-order valence-corrected chi connectivity index (χ4v) is 3.54. The second-order valence-electron chi connectivity index (χ2n) is 5.69. The molecule has 2 aromatic rings. The molecule has 3 rings (SSSR count). The Morgan fingerprint density at radius 3 is 2.45 bits per heavy atom. The average Bonchev–Trinajstić information content (AvgIpc) is 2.54. The first-order chi connectivity index (χ1) is 10.5. The number of hydrogen-bond donors (Lipinski definition) is 0. The highest BCUT2D eigenvalue weighted by Gasteiger charge is 2.39. The van der Waals surface area contributed by atoms with Crippen molar-refractivity contribution < 1.29 is 4.79 Å². The zero-order valence-corrected chi connectivity index (χ0v) is 14.0. The Kier molecular flexibility index (Phi) is 4.16. The van der Waals surface area contributed by atoms with E-state index in [1.54, 1.807) is 4.90 Å². The molecule has 0 aliphatic carbocycles. The largest absolute Gasteiger partial charge is 0.304 e. The van der Waals surface area contributed by atoms with Crippen LogP contribution in [0.3, 0.4) is 0 Å². The van der Waals surface area contributed by atoms with Gasteiger partial charge in [0.15, 0.2) is 0 Å². The number of carbonyl (C=O) groups is 1. The van der Waals surface area contributed by atoms with E-state index < -0.39 is 0 Å². The summed E-state index contributed by atoms with van der Waals surface area (Å²) in [6.07, 6.45) is 0. The number of alkyl halides is 2. The third-order valence-electron chi connectivity index (χ3n) is 4.13. The van der Waals surface area contributed by atoms with E-state index in [9.17, 15) is 4.79 Å². The maximum Gasteiger partial charge on any atom is 0.258 e. The molecule has 2 aromatic carbocycles. The van der Waals surface area contributed by atoms with E-state index in [4.69, 9.17) is 23.2 Å². The minimum absolute atomic E-state index is 0.0487. The van der Waals surface area contributed by atoms with Crippen molar-refractivity contribution in [3.8, 4) is 0 Å². The van der Waals surface area contributed by atoms with Gasteiger partial charge in [-0.15, -0.1) is 23.2 Å². The molecule has 1 amide bonds. The van der Waals surface area contributed by atoms with Crippen LogP contribution in [0.15, 0.2) is 48.5 Å². The van der Waals surface area contributed by atoms with Gasteiger partial charge in [0.05, 0.1) is 16.8 Å². The highest BCUT2D eigenvalue weighted by atomic mass is 35.5. The fourth-order valence-electron chi connectivity index (χ4n) is 2.91. The number of rotatable bonds is 1. The summed E-state index contributed by atoms with van der Waals surface area (Å²) in [6, 6.07) is 15.0. The van der Waals surface area contributed by atoms with Gasteiger partial charge in [-0.1, -0.05) is 35.9 Å². The van der Waals surface area contributed by atoms with Crippen molar-refractivity contribution in [3.05, 3.63) is 65.2 Å². The highest BCUT2D eigenvalue weighted by molar-refractivity contribution is 6.32. The van der Waals surface area contributed by atoms with Gasteiger partial charge in [0, 0.05) is 11.3 Å². The average molecular weight is 334 g/mol. The van der Waals surface area contributed by atoms with Crippen LogP contribution in [0.25, 0.3) is 0 Å². The van der Waals surface area contributed by atoms with Gasteiger partial charge in [-0.05, 0) is 37.6 Å². The van der Waals surface area contributed by atoms with E-state index in [0.29, 0.717) is 5.56 Å². The minimum Gasteiger partial charge on any atom is -0.304 e. The monoisotopic (exact) mass is 333 g/mol. The minimum atomic E-state index is -0.330. The lowest BCUT2D eigenvalue weighted by atomic mass is 9.93. The molecule has 0 unspecified atom stereocenters. The molecule has 0 saturated carbocycles. The van der Waals surface area contributed by atoms with Crippen LogP contribution in [-0.2, 0) is 0 Å². The molecule has 0 bridgehead atoms. The molecule has 0 radical (unpaired) electrons. The molecule has 3 atom stereocenters. The lowest BCUT2D eigenvalue weighted by molar-refractivity contribution is 0.0975. The topological polar surface area (TPSA) is 20.3 Å². The molecule has 0 aromatic heterocycles. The lowest BCUT2D eigenvalue weighted by Gasteiger charge is -2.40. The lowest BCUT2D eigenvalue weighted by Crippen LogP contribution is -2.48. The standard InChI is InChI=1S/C18H17Cl2NO/c1-11-8-9-15-14(10-11)17(20)16(19)12(2)21(15)18(22)13-6-4-3-5-7-13/h3-10,12,16-17H,1-2H3/t12-,16+,17+/m1/s1. The fraction of sp³-hybridized carbons (Fsp3) is 0.278. The molecular formula is C18H17Cl2NO. The van der Waals surface area contributed by atoms with Gasteiger partial charge in [0.1, 0.15) is 0 Å². The number of aryl methyl sites for hydroxylation is 1. The van der Waals surface area contributed by atoms with E-state index >= 15 is 0 Å². The number of amides is 1. The summed E-state index contributed by atoms with van der Waals surface area (Å²) < 4.78 is 0. The Labute approximate surface area is 140 Å². The first kappa shape index (κ1) is 15.4. The Hall–Kier alpha value is -1.51. The first-order valence-corrected chi connectivity index (χ1v) is 8.15. The molecule has 0 saturated heterocycles. The van der Waals surface area contributed by atoms with Crippen LogP contribution in [0.1, 0.15) is 33.8 Å². The van der Waals surface area contributed by atoms with E-state index in [0.717, 1.165) is 16.8 Å². The molecule has 0 spiro atoms. The van der Waals surface area contributed by atoms with E-state index in [-0.39, 0.29) is 22.7 Å². The SMILES string of the molecule is Cc1ccc2c(c1)[C@H](Cl)[C@@H](Cl)[C@@H](C)N2C(=O)c1ccccc1. The number of fused-ring (bicyclic) bond motifs is 1. The van der Waals surface area contributed by atoms with E-state index in [1.165, 1.54) is 0 Å². The molecule has 4 heteroatoms. The quantitative estimate of drug-likeness (QED) is 0.677. The smallest absolute Gasteiger partial charge is 0.258 e. The van der Waals surface area contributed by atoms with Crippen LogP contribution in [0.5, 0.6) is 0 Å². The Balaban J connectivity index is 2.11. The zero-order valence-electron chi connectivity index (χ0n) is 12.5. The predicted molar refractivity (Wildman–Crippen MR) is 92.1 cm³/mol. The second kappa shape index (κ2) is 5.94. The van der Waals surface area contributed by atoms with Crippen molar-refractivity contribution in [2.75, 3.05) is 4.90 Å². The summed E-state index contributed by atoms with van der Waals surface area (Å²) in [5.74, 6) is -0.0487. The molecule has 114 valence electrons. The van der Waals surface area contributed by atoms with Crippen molar-refractivity contribution in [2.24, 2.45) is 0 Å². The summed E-state index contributed by atoms with van der Waals surface area (Å²) >= 11 is 13.0. The van der Waals surface area contributed by atoms with Gasteiger partial charge in [0.25, 0.3) is 5.91 Å². The molecule has 1 aliphatic rings. The molecule has 2 nitrogen and oxygen atoms in total. The molecule has 0 N–H and O–H groups in total. The van der Waals surface area contributed by atoms with Gasteiger partial charge in [0.2, 0.25) is 0 Å². The third kappa shape index (κ3) is 2.51. The summed E-state index contributed by atoms with van der Waals surface area (Å²) in [5, 5.41) is -0.630. The second-order valence-corrected chi connectivity index (χ2v) is 6.66. The third-order valence-corrected chi connectivity index (χ3v) is 5.38. The van der Waals surface area contributed by atoms with Crippen LogP contribution in [0, 0.1) is 6.92 Å². The molecular weight excluding hydrogens is 317 g/mol. The Bertz CT molecular complexity index is 701. The summed E-state index contributed by atoms with van der Waals surface area (Å²) in [7, 11) is 0. The van der Waals surface area contributed by atoms with Gasteiger partial charge in [-0.25, -0.2) is 0 Å². The molecule has 1 heterocycles. The van der Waals surface area contributed by atoms with Crippen molar-refractivity contribution in [1.82, 2.24) is 0 Å². The molecule has 0 fully saturated rings. The number of anilines is 1. The van der Waals surface area contributed by atoms with Crippen LogP contribution >= 0.6 is 23.2 Å². The molecule has 22 heavy (non-hydrogen) atoms. The van der Waals surface area contributed by atoms with E-state index in [2.05, 4.69) is 0 Å². The van der Waals surface area contributed by atoms with Crippen molar-refractivity contribution in [1.29, 1.82) is 0 Å². The van der Waals surface area contributed by atoms with Gasteiger partial charge < -0.3 is 4.90 Å². The van der Waals surface area contributed by atoms with Gasteiger partial charge >= 0.3 is 0 Å². The van der Waals surface area contributed by atoms with Crippen LogP contribution < -0.4 is 4.90 Å². The number of hydrogen-bond acceptors (Lipinski definition) is 1. The summed E-state index contributed by atoms with van der Waals surface area (Å²) in [6.45, 7) is 3.95. The summed E-state index contributed by atoms with van der Waals surface area (Å²) in [4.78, 5) is 14.7. The van der Waals surface area contributed by atoms with Crippen LogP contribution in [0.2, 0.25) is 0 Å². The highest BCUT2D eigenvalue weighted by Crippen LogP contribution is 2.44. The number of halogens is 2. The number of benzene rings is 2. The van der Waals surface area contributed by atoms with Gasteiger partial charge in [-0.2, -0.15) is 0 Å². The maximum absolute atomic E-state index is 12.9. The van der Waals surface area contributed by atoms with Crippen LogP contribution in [-0.4, -0.2) is 17.3 Å². The Morgan fingerprint density at radius 2 is 1.77 bits per heavy atom. The van der Waals surface area contributed by atoms with Gasteiger partial charge in [-0.3, -0.25) is 4.79 Å². The van der Waals surface area contributed by atoms with Crippen molar-refractivity contribution in [3.63, 3.8) is 0 Å². The molecule has 1 aliphatic heterocycles. The predicted octanol–water partition coefficient (Wildman–Crippen LogP) is 4.93. The summed E-state index contributed by atoms with van der Waals surface area (Å²) in [5.41, 5.74) is 3.53. The number of nitrogens with zero attached hydrogens (tertiary/aromatic N) is 1. The van der Waals surface area contributed by atoms with Crippen LogP contribution in [0.4, 0.5) is 5.69 Å². The van der Waals surface area contributed by atoms with E-state index in [1.807, 2.05) is 62.4 Å². The zero-order chi connectivity index (χ0) is 15.9. The normalized spacial score (nSPS) is 24.0. The van der Waals surface area contributed by atoms with Crippen molar-refractivity contribution in [2.45, 2.75) is 30.6 Å². The first-order valence-electron chi connectivity index (χ1n) is 7.28. The Morgan fingerprint density at radius 1 is 1.09 bits per heavy atom. The maximum atomic E-state index is 12.9. The number of carbonyl (C=O) groups excluding carboxylic acids is 1.